The van der Waals surface area contributed by atoms with Gasteiger partial charge in [-0.3, -0.25) is 0 Å². The molecule has 0 radical (unpaired) electrons. The average Bonchev–Trinajstić information content (AvgIpc) is 2.74. The van der Waals surface area contributed by atoms with Crippen molar-refractivity contribution >= 4 is 0 Å². The molecule has 0 aliphatic rings. The standard InChI is InChI=1S/C26H31NO/c1-20(22-11-7-5-8-12-22)24-15-16-26(28-18-17-27(3)4)25(19-24)21(2)23-13-9-6-10-14-23/h5-16,19-21H,17-18H2,1-4H3. The van der Waals surface area contributed by atoms with Crippen molar-refractivity contribution in [3.05, 3.63) is 101 Å². The van der Waals surface area contributed by atoms with Crippen LogP contribution in [-0.4, -0.2) is 32.1 Å². The molecule has 2 nitrogen and oxygen atoms in total. The van der Waals surface area contributed by atoms with Crippen LogP contribution in [0.5, 0.6) is 5.75 Å². The quantitative estimate of drug-likeness (QED) is 0.485. The van der Waals surface area contributed by atoms with Gasteiger partial charge in [0, 0.05) is 23.9 Å². The van der Waals surface area contributed by atoms with Crippen molar-refractivity contribution < 1.29 is 4.74 Å². The Morgan fingerprint density at radius 1 is 0.714 bits per heavy atom. The molecule has 0 heterocycles. The van der Waals surface area contributed by atoms with Crippen LogP contribution in [0.1, 0.15) is 47.9 Å². The van der Waals surface area contributed by atoms with Gasteiger partial charge in [0.25, 0.3) is 0 Å². The highest BCUT2D eigenvalue weighted by molar-refractivity contribution is 5.46. The lowest BCUT2D eigenvalue weighted by atomic mass is 9.87. The lowest BCUT2D eigenvalue weighted by Gasteiger charge is -2.21. The highest BCUT2D eigenvalue weighted by Crippen LogP contribution is 2.35. The van der Waals surface area contributed by atoms with E-state index in [0.717, 1.165) is 12.3 Å². The number of benzene rings is 3. The molecule has 3 aromatic carbocycles. The predicted octanol–water partition coefficient (Wildman–Crippen LogP) is 5.93. The molecule has 0 saturated heterocycles. The number of likely N-dealkylation sites (N-methyl/N-ethyl adjacent to an activating group) is 1. The zero-order chi connectivity index (χ0) is 19.9. The summed E-state index contributed by atoms with van der Waals surface area (Å²) < 4.78 is 6.19. The lowest BCUT2D eigenvalue weighted by Crippen LogP contribution is -2.20. The van der Waals surface area contributed by atoms with Crippen molar-refractivity contribution in [1.29, 1.82) is 0 Å². The highest BCUT2D eigenvalue weighted by atomic mass is 16.5. The van der Waals surface area contributed by atoms with Crippen LogP contribution in [0.25, 0.3) is 0 Å². The molecular formula is C26H31NO. The van der Waals surface area contributed by atoms with E-state index in [4.69, 9.17) is 4.74 Å². The number of nitrogens with zero attached hydrogens (tertiary/aromatic N) is 1. The molecule has 0 amide bonds. The molecular weight excluding hydrogens is 342 g/mol. The molecule has 0 saturated carbocycles. The Morgan fingerprint density at radius 3 is 1.86 bits per heavy atom. The van der Waals surface area contributed by atoms with Gasteiger partial charge in [-0.25, -0.2) is 0 Å². The molecule has 146 valence electrons. The first-order valence-corrected chi connectivity index (χ1v) is 10.1. The second-order valence-electron chi connectivity index (χ2n) is 7.71. The van der Waals surface area contributed by atoms with E-state index in [9.17, 15) is 0 Å². The maximum Gasteiger partial charge on any atom is 0.123 e. The SMILES string of the molecule is CC(c1ccccc1)c1ccc(OCCN(C)C)c(C(C)c2ccccc2)c1. The summed E-state index contributed by atoms with van der Waals surface area (Å²) in [5.74, 6) is 1.61. The van der Waals surface area contributed by atoms with Crippen molar-refractivity contribution in [2.75, 3.05) is 27.2 Å². The van der Waals surface area contributed by atoms with Gasteiger partial charge in [-0.1, -0.05) is 86.6 Å². The minimum absolute atomic E-state index is 0.276. The van der Waals surface area contributed by atoms with Crippen molar-refractivity contribution in [2.24, 2.45) is 0 Å². The molecule has 3 aromatic rings. The maximum atomic E-state index is 6.19. The Hall–Kier alpha value is -2.58. The molecule has 0 aliphatic heterocycles. The van der Waals surface area contributed by atoms with Crippen LogP contribution < -0.4 is 4.74 Å². The molecule has 0 aromatic heterocycles. The first-order chi connectivity index (χ1) is 13.6. The summed E-state index contributed by atoms with van der Waals surface area (Å²) in [6.07, 6.45) is 0. The first-order valence-electron chi connectivity index (χ1n) is 10.1. The summed E-state index contributed by atoms with van der Waals surface area (Å²) in [6.45, 7) is 6.13. The van der Waals surface area contributed by atoms with Crippen LogP contribution in [0.4, 0.5) is 0 Å². The molecule has 0 N–H and O–H groups in total. The van der Waals surface area contributed by atoms with Gasteiger partial charge >= 0.3 is 0 Å². The van der Waals surface area contributed by atoms with Crippen molar-refractivity contribution in [3.8, 4) is 5.75 Å². The molecule has 28 heavy (non-hydrogen) atoms. The minimum Gasteiger partial charge on any atom is -0.492 e. The summed E-state index contributed by atoms with van der Waals surface area (Å²) in [6, 6.07) is 28.1. The van der Waals surface area contributed by atoms with Gasteiger partial charge in [0.05, 0.1) is 0 Å². The van der Waals surface area contributed by atoms with Crippen molar-refractivity contribution in [2.45, 2.75) is 25.7 Å². The van der Waals surface area contributed by atoms with E-state index in [1.165, 1.54) is 22.3 Å². The second-order valence-corrected chi connectivity index (χ2v) is 7.71. The third-order valence-electron chi connectivity index (χ3n) is 5.40. The van der Waals surface area contributed by atoms with Crippen LogP contribution in [0, 0.1) is 0 Å². The van der Waals surface area contributed by atoms with Gasteiger partial charge in [0.15, 0.2) is 0 Å². The van der Waals surface area contributed by atoms with Crippen LogP contribution in [-0.2, 0) is 0 Å². The Balaban J connectivity index is 1.94. The smallest absolute Gasteiger partial charge is 0.123 e. The Kier molecular flexibility index (Phi) is 6.89. The summed E-state index contributed by atoms with van der Waals surface area (Å²) in [5.41, 5.74) is 5.22. The fraction of sp³-hybridized carbons (Fsp3) is 0.308. The first kappa shape index (κ1) is 20.2. The topological polar surface area (TPSA) is 12.5 Å². The van der Waals surface area contributed by atoms with Gasteiger partial charge in [-0.15, -0.1) is 0 Å². The molecule has 0 aliphatic carbocycles. The van der Waals surface area contributed by atoms with Crippen molar-refractivity contribution in [3.63, 3.8) is 0 Å². The molecule has 2 unspecified atom stereocenters. The van der Waals surface area contributed by atoms with Crippen LogP contribution >= 0.6 is 0 Å². The molecule has 2 atom stereocenters. The minimum atomic E-state index is 0.276. The summed E-state index contributed by atoms with van der Waals surface area (Å²) >= 11 is 0. The molecule has 2 heteroatoms. The van der Waals surface area contributed by atoms with Gasteiger partial charge in [-0.2, -0.15) is 0 Å². The number of hydrogen-bond donors (Lipinski definition) is 0. The normalized spacial score (nSPS) is 13.3. The molecule has 3 rings (SSSR count). The van der Waals surface area contributed by atoms with Crippen LogP contribution in [0.15, 0.2) is 78.9 Å². The van der Waals surface area contributed by atoms with E-state index in [0.29, 0.717) is 12.5 Å². The fourth-order valence-corrected chi connectivity index (χ4v) is 3.50. The van der Waals surface area contributed by atoms with E-state index in [1.54, 1.807) is 0 Å². The van der Waals surface area contributed by atoms with Crippen LogP contribution in [0.2, 0.25) is 0 Å². The van der Waals surface area contributed by atoms with Gasteiger partial charge in [0.2, 0.25) is 0 Å². The monoisotopic (exact) mass is 373 g/mol. The summed E-state index contributed by atoms with van der Waals surface area (Å²) in [7, 11) is 4.14. The zero-order valence-electron chi connectivity index (χ0n) is 17.4. The lowest BCUT2D eigenvalue weighted by molar-refractivity contribution is 0.259. The van der Waals surface area contributed by atoms with E-state index < -0.39 is 0 Å². The number of hydrogen-bond acceptors (Lipinski definition) is 2. The summed E-state index contributed by atoms with van der Waals surface area (Å²) in [5, 5.41) is 0. The largest absolute Gasteiger partial charge is 0.492 e. The summed E-state index contributed by atoms with van der Waals surface area (Å²) in [4.78, 5) is 2.14. The van der Waals surface area contributed by atoms with Crippen LogP contribution in [0.3, 0.4) is 0 Å². The Morgan fingerprint density at radius 2 is 1.29 bits per heavy atom. The van der Waals surface area contributed by atoms with Gasteiger partial charge in [-0.05, 0) is 36.9 Å². The van der Waals surface area contributed by atoms with E-state index in [1.807, 2.05) is 0 Å². The average molecular weight is 374 g/mol. The Bertz CT molecular complexity index is 858. The Labute approximate surface area is 169 Å². The predicted molar refractivity (Wildman–Crippen MR) is 118 cm³/mol. The molecule has 0 fully saturated rings. The fourth-order valence-electron chi connectivity index (χ4n) is 3.50. The van der Waals surface area contributed by atoms with Gasteiger partial charge < -0.3 is 9.64 Å². The molecule has 0 spiro atoms. The third kappa shape index (κ3) is 5.02. The maximum absolute atomic E-state index is 6.19. The molecule has 0 bridgehead atoms. The van der Waals surface area contributed by atoms with E-state index >= 15 is 0 Å². The number of ether oxygens (including phenoxy) is 1. The zero-order valence-corrected chi connectivity index (χ0v) is 17.4. The second kappa shape index (κ2) is 9.57. The van der Waals surface area contributed by atoms with E-state index in [-0.39, 0.29) is 5.92 Å². The van der Waals surface area contributed by atoms with Gasteiger partial charge in [0.1, 0.15) is 12.4 Å². The van der Waals surface area contributed by atoms with E-state index in [2.05, 4.69) is 112 Å². The van der Waals surface area contributed by atoms with Crippen molar-refractivity contribution in [1.82, 2.24) is 4.90 Å². The third-order valence-corrected chi connectivity index (χ3v) is 5.40. The highest BCUT2D eigenvalue weighted by Gasteiger charge is 2.17. The number of rotatable bonds is 8.